The monoisotopic (exact) mass is 266 g/mol. The molecule has 2 unspecified atom stereocenters. The van der Waals surface area contributed by atoms with Crippen molar-refractivity contribution in [3.05, 3.63) is 35.6 Å². The van der Waals surface area contributed by atoms with Gasteiger partial charge in [-0.2, -0.15) is 0 Å². The van der Waals surface area contributed by atoms with Crippen LogP contribution in [0.25, 0.3) is 0 Å². The third-order valence-electron chi connectivity index (χ3n) is 3.28. The molecule has 0 aromatic heterocycles. The number of nitrogens with two attached hydrogens (primary N) is 1. The molecular formula is C16H27FN2. The van der Waals surface area contributed by atoms with Gasteiger partial charge in [-0.05, 0) is 44.4 Å². The maximum atomic E-state index is 13.5. The van der Waals surface area contributed by atoms with Crippen LogP contribution in [0.4, 0.5) is 4.39 Å². The van der Waals surface area contributed by atoms with Crippen LogP contribution in [0.1, 0.15) is 46.2 Å². The van der Waals surface area contributed by atoms with Crippen LogP contribution in [-0.2, 0) is 0 Å². The van der Waals surface area contributed by atoms with E-state index >= 15 is 0 Å². The molecule has 0 aliphatic rings. The first-order valence-corrected chi connectivity index (χ1v) is 7.09. The summed E-state index contributed by atoms with van der Waals surface area (Å²) in [5, 5.41) is 0. The lowest BCUT2D eigenvalue weighted by molar-refractivity contribution is 0.119. The van der Waals surface area contributed by atoms with Crippen LogP contribution < -0.4 is 5.73 Å². The zero-order valence-electron chi connectivity index (χ0n) is 12.7. The molecule has 19 heavy (non-hydrogen) atoms. The fourth-order valence-corrected chi connectivity index (χ4v) is 2.55. The Kier molecular flexibility index (Phi) is 5.95. The molecule has 0 fully saturated rings. The van der Waals surface area contributed by atoms with E-state index in [1.54, 1.807) is 12.1 Å². The van der Waals surface area contributed by atoms with Crippen LogP contribution >= 0.6 is 0 Å². The van der Waals surface area contributed by atoms with Crippen molar-refractivity contribution in [2.24, 2.45) is 11.7 Å². The predicted octanol–water partition coefficient (Wildman–Crippen LogP) is 3.58. The Labute approximate surface area is 116 Å². The second kappa shape index (κ2) is 7.01. The highest BCUT2D eigenvalue weighted by atomic mass is 19.1. The summed E-state index contributed by atoms with van der Waals surface area (Å²) < 4.78 is 13.5. The van der Waals surface area contributed by atoms with Crippen LogP contribution in [0.15, 0.2) is 24.3 Å². The van der Waals surface area contributed by atoms with Gasteiger partial charge in [0.05, 0.1) is 0 Å². The molecule has 2 atom stereocenters. The van der Waals surface area contributed by atoms with Crippen molar-refractivity contribution in [3.8, 4) is 0 Å². The predicted molar refractivity (Wildman–Crippen MR) is 79.5 cm³/mol. The van der Waals surface area contributed by atoms with Gasteiger partial charge >= 0.3 is 0 Å². The quantitative estimate of drug-likeness (QED) is 0.852. The standard InChI is InChI=1S/C16H27FN2/c1-11(2)10-19(12(3)4)16(13(5)18)14-7-6-8-15(17)9-14/h6-9,11-13,16H,10,18H2,1-5H3. The van der Waals surface area contributed by atoms with E-state index in [2.05, 4.69) is 32.6 Å². The first-order valence-electron chi connectivity index (χ1n) is 7.09. The summed E-state index contributed by atoms with van der Waals surface area (Å²) in [5.74, 6) is 0.355. The molecule has 0 saturated carbocycles. The molecule has 1 aromatic rings. The SMILES string of the molecule is CC(C)CN(C(C)C)C(c1cccc(F)c1)C(C)N. The van der Waals surface area contributed by atoms with Crippen LogP contribution in [0.2, 0.25) is 0 Å². The van der Waals surface area contributed by atoms with Gasteiger partial charge in [0.1, 0.15) is 5.82 Å². The Morgan fingerprint density at radius 3 is 2.21 bits per heavy atom. The molecule has 1 aromatic carbocycles. The normalized spacial score (nSPS) is 15.3. The van der Waals surface area contributed by atoms with E-state index in [1.807, 2.05) is 13.0 Å². The molecule has 0 amide bonds. The fraction of sp³-hybridized carbons (Fsp3) is 0.625. The third-order valence-corrected chi connectivity index (χ3v) is 3.28. The van der Waals surface area contributed by atoms with E-state index in [-0.39, 0.29) is 17.9 Å². The highest BCUT2D eigenvalue weighted by Crippen LogP contribution is 2.27. The molecule has 2 N–H and O–H groups in total. The van der Waals surface area contributed by atoms with E-state index in [9.17, 15) is 4.39 Å². The second-order valence-corrected chi connectivity index (χ2v) is 6.04. The number of rotatable bonds is 6. The lowest BCUT2D eigenvalue weighted by Gasteiger charge is -2.38. The second-order valence-electron chi connectivity index (χ2n) is 6.04. The third kappa shape index (κ3) is 4.59. The Morgan fingerprint density at radius 1 is 1.16 bits per heavy atom. The molecule has 0 spiro atoms. The maximum absolute atomic E-state index is 13.5. The number of hydrogen-bond donors (Lipinski definition) is 1. The van der Waals surface area contributed by atoms with Gasteiger partial charge in [-0.1, -0.05) is 26.0 Å². The fourth-order valence-electron chi connectivity index (χ4n) is 2.55. The molecule has 0 bridgehead atoms. The number of benzene rings is 1. The van der Waals surface area contributed by atoms with Gasteiger partial charge in [-0.25, -0.2) is 4.39 Å². The first kappa shape index (κ1) is 16.1. The molecule has 108 valence electrons. The van der Waals surface area contributed by atoms with Gasteiger partial charge in [0.2, 0.25) is 0 Å². The minimum Gasteiger partial charge on any atom is -0.326 e. The van der Waals surface area contributed by atoms with Gasteiger partial charge < -0.3 is 5.73 Å². The minimum absolute atomic E-state index is 0.0389. The van der Waals surface area contributed by atoms with Crippen LogP contribution in [0.5, 0.6) is 0 Å². The largest absolute Gasteiger partial charge is 0.326 e. The van der Waals surface area contributed by atoms with E-state index < -0.39 is 0 Å². The molecule has 0 aliphatic heterocycles. The Morgan fingerprint density at radius 2 is 1.79 bits per heavy atom. The minimum atomic E-state index is -0.198. The molecule has 2 nitrogen and oxygen atoms in total. The Bertz CT molecular complexity index is 388. The van der Waals surface area contributed by atoms with E-state index in [0.717, 1.165) is 12.1 Å². The molecule has 3 heteroatoms. The van der Waals surface area contributed by atoms with E-state index in [1.165, 1.54) is 6.07 Å². The summed E-state index contributed by atoms with van der Waals surface area (Å²) in [4.78, 5) is 2.37. The van der Waals surface area contributed by atoms with Gasteiger partial charge in [-0.3, -0.25) is 4.90 Å². The van der Waals surface area contributed by atoms with Crippen LogP contribution in [0.3, 0.4) is 0 Å². The smallest absolute Gasteiger partial charge is 0.123 e. The van der Waals surface area contributed by atoms with E-state index in [0.29, 0.717) is 12.0 Å². The van der Waals surface area contributed by atoms with Gasteiger partial charge in [-0.15, -0.1) is 0 Å². The summed E-state index contributed by atoms with van der Waals surface area (Å²) >= 11 is 0. The summed E-state index contributed by atoms with van der Waals surface area (Å²) in [6.07, 6.45) is 0. The van der Waals surface area contributed by atoms with Crippen molar-refractivity contribution in [1.29, 1.82) is 0 Å². The number of nitrogens with zero attached hydrogens (tertiary/aromatic N) is 1. The molecule has 0 aliphatic carbocycles. The first-order chi connectivity index (χ1) is 8.82. The zero-order valence-corrected chi connectivity index (χ0v) is 12.7. The summed E-state index contributed by atoms with van der Waals surface area (Å²) in [6, 6.07) is 7.19. The van der Waals surface area contributed by atoms with Crippen molar-refractivity contribution in [2.45, 2.75) is 52.7 Å². The average molecular weight is 266 g/mol. The van der Waals surface area contributed by atoms with Gasteiger partial charge in [0.15, 0.2) is 0 Å². The maximum Gasteiger partial charge on any atom is 0.123 e. The Hall–Kier alpha value is -0.930. The average Bonchev–Trinajstić information content (AvgIpc) is 2.27. The van der Waals surface area contributed by atoms with Gasteiger partial charge in [0.25, 0.3) is 0 Å². The van der Waals surface area contributed by atoms with E-state index in [4.69, 9.17) is 5.73 Å². The van der Waals surface area contributed by atoms with Crippen molar-refractivity contribution >= 4 is 0 Å². The molecule has 1 rings (SSSR count). The highest BCUT2D eigenvalue weighted by Gasteiger charge is 2.26. The summed E-state index contributed by atoms with van der Waals surface area (Å²) in [7, 11) is 0. The Balaban J connectivity index is 3.10. The molecule has 0 radical (unpaired) electrons. The number of halogens is 1. The van der Waals surface area contributed by atoms with Crippen molar-refractivity contribution < 1.29 is 4.39 Å². The van der Waals surface area contributed by atoms with Crippen LogP contribution in [0, 0.1) is 11.7 Å². The van der Waals surface area contributed by atoms with Crippen molar-refractivity contribution in [2.75, 3.05) is 6.54 Å². The molecule has 0 heterocycles. The van der Waals surface area contributed by atoms with Crippen LogP contribution in [-0.4, -0.2) is 23.5 Å². The topological polar surface area (TPSA) is 29.3 Å². The molecule has 0 saturated heterocycles. The lowest BCUT2D eigenvalue weighted by Crippen LogP contribution is -2.44. The highest BCUT2D eigenvalue weighted by molar-refractivity contribution is 5.22. The lowest BCUT2D eigenvalue weighted by atomic mass is 9.96. The summed E-state index contributed by atoms with van der Waals surface area (Å²) in [6.45, 7) is 11.7. The zero-order chi connectivity index (χ0) is 14.6. The number of hydrogen-bond acceptors (Lipinski definition) is 2. The molecular weight excluding hydrogens is 239 g/mol. The van der Waals surface area contributed by atoms with Gasteiger partial charge in [0, 0.05) is 24.7 Å². The summed E-state index contributed by atoms with van der Waals surface area (Å²) in [5.41, 5.74) is 7.13. The van der Waals surface area contributed by atoms with Crippen molar-refractivity contribution in [1.82, 2.24) is 4.90 Å². The van der Waals surface area contributed by atoms with Crippen molar-refractivity contribution in [3.63, 3.8) is 0 Å².